The van der Waals surface area contributed by atoms with Crippen molar-refractivity contribution in [3.8, 4) is 5.75 Å². The maximum Gasteiger partial charge on any atom is 0.196 e. The van der Waals surface area contributed by atoms with Crippen LogP contribution in [0.15, 0.2) is 53.5 Å². The van der Waals surface area contributed by atoms with Crippen molar-refractivity contribution < 1.29 is 13.9 Å². The number of pyridine rings is 1. The molecule has 1 aromatic heterocycles. The fourth-order valence-electron chi connectivity index (χ4n) is 4.11. The summed E-state index contributed by atoms with van der Waals surface area (Å²) < 4.78 is 22.1. The van der Waals surface area contributed by atoms with E-state index in [1.54, 1.807) is 43.6 Å². The molecule has 0 atom stereocenters. The first-order valence-electron chi connectivity index (χ1n) is 11.1. The van der Waals surface area contributed by atoms with Crippen molar-refractivity contribution in [2.75, 3.05) is 45.2 Å². The number of rotatable bonds is 6. The Labute approximate surface area is 192 Å². The van der Waals surface area contributed by atoms with Gasteiger partial charge in [0.05, 0.1) is 18.3 Å². The van der Waals surface area contributed by atoms with E-state index in [0.29, 0.717) is 40.0 Å². The van der Waals surface area contributed by atoms with Gasteiger partial charge in [-0.1, -0.05) is 0 Å². The number of ketones is 1. The number of hydrogen-bond donors (Lipinski definition) is 0. The topological polar surface area (TPSA) is 54.8 Å². The van der Waals surface area contributed by atoms with E-state index >= 15 is 4.39 Å². The molecule has 6 nitrogen and oxygen atoms in total. The summed E-state index contributed by atoms with van der Waals surface area (Å²) in [7, 11) is 3.61. The highest BCUT2D eigenvalue weighted by atomic mass is 19.1. The third-order valence-corrected chi connectivity index (χ3v) is 6.15. The molecule has 1 fully saturated rings. The van der Waals surface area contributed by atoms with E-state index in [1.165, 1.54) is 18.2 Å². The summed E-state index contributed by atoms with van der Waals surface area (Å²) in [6.45, 7) is 5.79. The van der Waals surface area contributed by atoms with Crippen molar-refractivity contribution in [2.45, 2.75) is 13.5 Å². The lowest BCUT2D eigenvalue weighted by molar-refractivity contribution is 0.104. The molecule has 0 aliphatic carbocycles. The lowest BCUT2D eigenvalue weighted by Crippen LogP contribution is -2.44. The molecule has 0 N–H and O–H groups in total. The SMILES string of the molecule is CCn1cc(/C=C/C(=O)c2ccc(OC)cc2)c(=O)c2cc(F)c(N3CCN(C)CC3)cc21. The number of benzene rings is 2. The van der Waals surface area contributed by atoms with Gasteiger partial charge in [-0.15, -0.1) is 0 Å². The number of nitrogens with zero attached hydrogens (tertiary/aromatic N) is 3. The van der Waals surface area contributed by atoms with E-state index in [0.717, 1.165) is 26.2 Å². The number of carbonyl (C=O) groups is 1. The summed E-state index contributed by atoms with van der Waals surface area (Å²) in [5.74, 6) is 0.0351. The number of hydrogen-bond acceptors (Lipinski definition) is 5. The number of carbonyl (C=O) groups excluding carboxylic acids is 1. The molecule has 0 saturated carbocycles. The lowest BCUT2D eigenvalue weighted by Gasteiger charge is -2.34. The summed E-state index contributed by atoms with van der Waals surface area (Å²) in [4.78, 5) is 29.9. The summed E-state index contributed by atoms with van der Waals surface area (Å²) in [6, 6.07) is 9.87. The number of halogens is 1. The zero-order valence-electron chi connectivity index (χ0n) is 19.2. The van der Waals surface area contributed by atoms with E-state index in [2.05, 4.69) is 11.9 Å². The number of anilines is 1. The van der Waals surface area contributed by atoms with Gasteiger partial charge in [-0.05, 0) is 62.5 Å². The van der Waals surface area contributed by atoms with Crippen LogP contribution < -0.4 is 15.1 Å². The fourth-order valence-corrected chi connectivity index (χ4v) is 4.11. The quantitative estimate of drug-likeness (QED) is 0.423. The minimum atomic E-state index is -0.401. The smallest absolute Gasteiger partial charge is 0.196 e. The molecule has 3 aromatic rings. The summed E-state index contributed by atoms with van der Waals surface area (Å²) >= 11 is 0. The first-order valence-corrected chi connectivity index (χ1v) is 11.1. The van der Waals surface area contributed by atoms with Crippen molar-refractivity contribution in [2.24, 2.45) is 0 Å². The van der Waals surface area contributed by atoms with Crippen LogP contribution in [0, 0.1) is 5.82 Å². The van der Waals surface area contributed by atoms with E-state index < -0.39 is 5.82 Å². The van der Waals surface area contributed by atoms with Crippen molar-refractivity contribution in [3.05, 3.63) is 75.8 Å². The molecule has 1 aliphatic heterocycles. The van der Waals surface area contributed by atoms with Gasteiger partial charge in [-0.2, -0.15) is 0 Å². The van der Waals surface area contributed by atoms with E-state index in [1.807, 2.05) is 16.4 Å². The molecule has 2 aromatic carbocycles. The zero-order valence-corrected chi connectivity index (χ0v) is 19.2. The van der Waals surface area contributed by atoms with Gasteiger partial charge < -0.3 is 19.1 Å². The first kappa shape index (κ1) is 22.7. The van der Waals surface area contributed by atoms with E-state index in [-0.39, 0.29) is 11.2 Å². The zero-order chi connectivity index (χ0) is 23.5. The van der Waals surface area contributed by atoms with Crippen LogP contribution >= 0.6 is 0 Å². The van der Waals surface area contributed by atoms with Gasteiger partial charge in [-0.3, -0.25) is 9.59 Å². The summed E-state index contributed by atoms with van der Waals surface area (Å²) in [6.07, 6.45) is 4.61. The van der Waals surface area contributed by atoms with Crippen molar-refractivity contribution >= 4 is 28.4 Å². The van der Waals surface area contributed by atoms with Crippen LogP contribution in [-0.2, 0) is 6.54 Å². The van der Waals surface area contributed by atoms with Crippen LogP contribution in [0.4, 0.5) is 10.1 Å². The molecule has 33 heavy (non-hydrogen) atoms. The van der Waals surface area contributed by atoms with Gasteiger partial charge in [0.15, 0.2) is 11.2 Å². The standard InChI is InChI=1S/C26H28FN3O3/c1-4-29-17-19(7-10-25(31)18-5-8-20(33-3)9-6-18)26(32)21-15-22(27)24(16-23(21)29)30-13-11-28(2)12-14-30/h5-10,15-17H,4,11-14H2,1-3H3/b10-7+. The molecular weight excluding hydrogens is 421 g/mol. The highest BCUT2D eigenvalue weighted by molar-refractivity contribution is 6.07. The molecule has 0 spiro atoms. The monoisotopic (exact) mass is 449 g/mol. The van der Waals surface area contributed by atoms with Crippen LogP contribution in [0.1, 0.15) is 22.8 Å². The van der Waals surface area contributed by atoms with Crippen LogP contribution in [0.5, 0.6) is 5.75 Å². The average molecular weight is 450 g/mol. The number of likely N-dealkylation sites (N-methyl/N-ethyl adjacent to an activating group) is 1. The molecule has 2 heterocycles. The number of methoxy groups -OCH3 is 1. The molecule has 1 aliphatic rings. The van der Waals surface area contributed by atoms with Gasteiger partial charge in [0, 0.05) is 55.4 Å². The maximum absolute atomic E-state index is 15.1. The second kappa shape index (κ2) is 9.58. The van der Waals surface area contributed by atoms with E-state index in [9.17, 15) is 9.59 Å². The van der Waals surface area contributed by atoms with Gasteiger partial charge in [0.2, 0.25) is 0 Å². The van der Waals surface area contributed by atoms with Crippen molar-refractivity contribution in [1.82, 2.24) is 9.47 Å². The molecule has 7 heteroatoms. The largest absolute Gasteiger partial charge is 0.497 e. The van der Waals surface area contributed by atoms with Gasteiger partial charge in [-0.25, -0.2) is 4.39 Å². The minimum absolute atomic E-state index is 0.225. The highest BCUT2D eigenvalue weighted by Gasteiger charge is 2.20. The predicted octanol–water partition coefficient (Wildman–Crippen LogP) is 3.82. The van der Waals surface area contributed by atoms with E-state index in [4.69, 9.17) is 4.74 Å². The molecular formula is C26H28FN3O3. The third kappa shape index (κ3) is 4.68. The van der Waals surface area contributed by atoms with Crippen LogP contribution in [0.2, 0.25) is 0 Å². The number of allylic oxidation sites excluding steroid dienone is 1. The van der Waals surface area contributed by atoms with Gasteiger partial charge >= 0.3 is 0 Å². The Kier molecular flexibility index (Phi) is 6.60. The summed E-state index contributed by atoms with van der Waals surface area (Å²) in [5.41, 5.74) is 1.76. The Balaban J connectivity index is 1.69. The first-order chi connectivity index (χ1) is 15.9. The number of aromatic nitrogens is 1. The molecule has 4 rings (SSSR count). The molecule has 1 saturated heterocycles. The number of ether oxygens (including phenoxy) is 1. The molecule has 172 valence electrons. The molecule has 0 unspecified atom stereocenters. The lowest BCUT2D eigenvalue weighted by atomic mass is 10.1. The second-order valence-corrected chi connectivity index (χ2v) is 8.24. The predicted molar refractivity (Wildman–Crippen MR) is 130 cm³/mol. The highest BCUT2D eigenvalue weighted by Crippen LogP contribution is 2.26. The Morgan fingerprint density at radius 2 is 1.82 bits per heavy atom. The number of aryl methyl sites for hydroxylation is 1. The number of piperazine rings is 1. The van der Waals surface area contributed by atoms with Gasteiger partial charge in [0.1, 0.15) is 11.6 Å². The molecule has 0 amide bonds. The Morgan fingerprint density at radius 1 is 1.12 bits per heavy atom. The Hall–Kier alpha value is -3.45. The molecule has 0 radical (unpaired) electrons. The minimum Gasteiger partial charge on any atom is -0.497 e. The van der Waals surface area contributed by atoms with Crippen LogP contribution in [0.3, 0.4) is 0 Å². The summed E-state index contributed by atoms with van der Waals surface area (Å²) in [5, 5.41) is 0.311. The molecule has 0 bridgehead atoms. The van der Waals surface area contributed by atoms with Crippen LogP contribution in [-0.4, -0.2) is 55.6 Å². The number of fused-ring (bicyclic) bond motifs is 1. The normalized spacial score (nSPS) is 14.8. The fraction of sp³-hybridized carbons (Fsp3) is 0.308. The third-order valence-electron chi connectivity index (χ3n) is 6.15. The van der Waals surface area contributed by atoms with Crippen molar-refractivity contribution in [1.29, 1.82) is 0 Å². The van der Waals surface area contributed by atoms with Crippen molar-refractivity contribution in [3.63, 3.8) is 0 Å². The average Bonchev–Trinajstić information content (AvgIpc) is 2.84. The Morgan fingerprint density at radius 3 is 2.45 bits per heavy atom. The Bertz CT molecular complexity index is 1260. The van der Waals surface area contributed by atoms with Crippen LogP contribution in [0.25, 0.3) is 17.0 Å². The van der Waals surface area contributed by atoms with Gasteiger partial charge in [0.25, 0.3) is 0 Å². The second-order valence-electron chi connectivity index (χ2n) is 8.24. The maximum atomic E-state index is 15.1.